The maximum atomic E-state index is 13.5. The SMILES string of the molecule is COc1cc(/C=C/C(=O)OCC2O[C@@H](OC3[C@@H](O)[C@H](O)C(CO)O[C@H]3c3c(OC)cc(O)c4c(=O)cc(-c5ccc(O)cc5)oc34)C(O)[C@@H](O)[C@@H]2O)ccc1O. The molecule has 6 rings (SSSR count). The van der Waals surface area contributed by atoms with Gasteiger partial charge in [-0.3, -0.25) is 4.79 Å². The third kappa shape index (κ3) is 8.01. The van der Waals surface area contributed by atoms with Gasteiger partial charge in [-0.1, -0.05) is 6.07 Å². The van der Waals surface area contributed by atoms with E-state index in [0.717, 1.165) is 18.2 Å². The number of aliphatic hydroxyl groups excluding tert-OH is 6. The first-order valence-electron chi connectivity index (χ1n) is 17.1. The molecule has 1 aromatic heterocycles. The van der Waals surface area contributed by atoms with E-state index in [1.165, 1.54) is 62.8 Å². The molecule has 9 N–H and O–H groups in total. The van der Waals surface area contributed by atoms with E-state index in [-0.39, 0.29) is 45.3 Å². The van der Waals surface area contributed by atoms with Gasteiger partial charge in [-0.15, -0.1) is 0 Å². The average molecular weight is 785 g/mol. The van der Waals surface area contributed by atoms with Crippen LogP contribution in [0.3, 0.4) is 0 Å². The second-order valence-corrected chi connectivity index (χ2v) is 13.0. The summed E-state index contributed by atoms with van der Waals surface area (Å²) in [5.74, 6) is -1.67. The van der Waals surface area contributed by atoms with E-state index in [4.69, 9.17) is 32.8 Å². The largest absolute Gasteiger partial charge is 0.508 e. The summed E-state index contributed by atoms with van der Waals surface area (Å²) in [6.07, 6.45) is -15.4. The number of hydrogen-bond donors (Lipinski definition) is 9. The smallest absolute Gasteiger partial charge is 0.330 e. The lowest BCUT2D eigenvalue weighted by atomic mass is 9.89. The Bertz CT molecular complexity index is 2110. The molecule has 4 aromatic rings. The van der Waals surface area contributed by atoms with Crippen LogP contribution in [0.2, 0.25) is 0 Å². The molecule has 3 heterocycles. The van der Waals surface area contributed by atoms with E-state index in [1.54, 1.807) is 0 Å². The number of fused-ring (bicyclic) bond motifs is 1. The number of aliphatic hydroxyl groups is 6. The highest BCUT2D eigenvalue weighted by Crippen LogP contribution is 2.46. The van der Waals surface area contributed by atoms with Gasteiger partial charge in [0.2, 0.25) is 0 Å². The monoisotopic (exact) mass is 784 g/mol. The molecule has 2 aliphatic rings. The van der Waals surface area contributed by atoms with E-state index in [1.807, 2.05) is 0 Å². The molecule has 4 unspecified atom stereocenters. The summed E-state index contributed by atoms with van der Waals surface area (Å²) in [5.41, 5.74) is -0.381. The molecule has 300 valence electrons. The summed E-state index contributed by atoms with van der Waals surface area (Å²) >= 11 is 0. The molecular weight excluding hydrogens is 744 g/mol. The molecule has 2 fully saturated rings. The third-order valence-corrected chi connectivity index (χ3v) is 9.47. The van der Waals surface area contributed by atoms with Crippen LogP contribution in [0.25, 0.3) is 28.4 Å². The van der Waals surface area contributed by atoms with E-state index in [9.17, 15) is 55.5 Å². The Morgan fingerprint density at radius 2 is 1.48 bits per heavy atom. The summed E-state index contributed by atoms with van der Waals surface area (Å²) < 4.78 is 39.7. The fourth-order valence-corrected chi connectivity index (χ4v) is 6.49. The lowest BCUT2D eigenvalue weighted by molar-refractivity contribution is -0.342. The molecule has 0 saturated carbocycles. The quantitative estimate of drug-likeness (QED) is 0.0725. The van der Waals surface area contributed by atoms with Gasteiger partial charge in [0.05, 0.1) is 26.4 Å². The number of aromatic hydroxyl groups is 3. The van der Waals surface area contributed by atoms with Crippen LogP contribution in [-0.2, 0) is 23.7 Å². The second-order valence-electron chi connectivity index (χ2n) is 13.0. The Hall–Kier alpha value is -5.28. The Morgan fingerprint density at radius 1 is 0.786 bits per heavy atom. The standard InChI is InChI=1S/C38H40O18/c1-50-23-11-16(3-9-19(23)41)4-10-27(44)52-15-26-31(46)32(47)34(49)38(55-26)56-37-33(48)30(45)25(14-39)54-36(37)29-24(51-2)13-21(43)28-20(42)12-22(53-35(28)29)17-5-7-18(40)8-6-17/h3-13,25-26,30-34,36-41,43,45-49H,14-15H2,1-2H3/b10-4+/t25?,26?,30-,31-,32+,33+,34?,36+,37?,38+/m1/s1. The van der Waals surface area contributed by atoms with Crippen molar-refractivity contribution in [3.63, 3.8) is 0 Å². The number of carbonyl (C=O) groups excluding carboxylic acids is 1. The number of ether oxygens (including phenoxy) is 6. The lowest BCUT2D eigenvalue weighted by Gasteiger charge is -2.46. The summed E-state index contributed by atoms with van der Waals surface area (Å²) in [6.45, 7) is -1.49. The van der Waals surface area contributed by atoms with Crippen molar-refractivity contribution >= 4 is 23.0 Å². The van der Waals surface area contributed by atoms with Crippen LogP contribution in [0.15, 0.2) is 69.9 Å². The molecule has 56 heavy (non-hydrogen) atoms. The number of methoxy groups -OCH3 is 2. The van der Waals surface area contributed by atoms with Crippen molar-refractivity contribution in [3.05, 3.63) is 82.0 Å². The van der Waals surface area contributed by atoms with Crippen LogP contribution in [-0.4, -0.2) is 134 Å². The van der Waals surface area contributed by atoms with E-state index in [2.05, 4.69) is 0 Å². The van der Waals surface area contributed by atoms with Gasteiger partial charge >= 0.3 is 5.97 Å². The molecular formula is C38H40O18. The molecule has 3 aromatic carbocycles. The molecule has 0 radical (unpaired) electrons. The summed E-state index contributed by atoms with van der Waals surface area (Å²) in [5, 5.41) is 95.1. The Labute approximate surface area is 317 Å². The first kappa shape index (κ1) is 40.4. The van der Waals surface area contributed by atoms with Crippen molar-refractivity contribution in [1.29, 1.82) is 0 Å². The van der Waals surface area contributed by atoms with Crippen LogP contribution in [0.4, 0.5) is 0 Å². The van der Waals surface area contributed by atoms with Gasteiger partial charge in [-0.2, -0.15) is 0 Å². The van der Waals surface area contributed by atoms with Crippen LogP contribution in [0, 0.1) is 0 Å². The van der Waals surface area contributed by atoms with Crippen molar-refractivity contribution in [2.24, 2.45) is 0 Å². The fourth-order valence-electron chi connectivity index (χ4n) is 6.49. The van der Waals surface area contributed by atoms with Crippen molar-refractivity contribution in [3.8, 4) is 40.1 Å². The average Bonchev–Trinajstić information content (AvgIpc) is 3.19. The number of phenolic OH excluding ortho intramolecular Hbond substituents is 3. The molecule has 2 saturated heterocycles. The Kier molecular flexibility index (Phi) is 12.1. The first-order valence-corrected chi connectivity index (χ1v) is 17.1. The number of rotatable bonds is 11. The molecule has 0 bridgehead atoms. The highest BCUT2D eigenvalue weighted by molar-refractivity contribution is 5.90. The molecule has 0 aliphatic carbocycles. The number of hydrogen-bond acceptors (Lipinski definition) is 18. The second kappa shape index (κ2) is 16.8. The minimum atomic E-state index is -2.00. The predicted molar refractivity (Wildman–Crippen MR) is 191 cm³/mol. The zero-order valence-electron chi connectivity index (χ0n) is 29.7. The third-order valence-electron chi connectivity index (χ3n) is 9.47. The molecule has 10 atom stereocenters. The zero-order valence-corrected chi connectivity index (χ0v) is 29.7. The van der Waals surface area contributed by atoms with Gasteiger partial charge in [0.1, 0.15) is 89.9 Å². The number of benzene rings is 3. The van der Waals surface area contributed by atoms with Crippen molar-refractivity contribution in [2.45, 2.75) is 61.2 Å². The number of esters is 1. The van der Waals surface area contributed by atoms with Gasteiger partial charge in [0, 0.05) is 23.8 Å². The van der Waals surface area contributed by atoms with E-state index >= 15 is 0 Å². The summed E-state index contributed by atoms with van der Waals surface area (Å²) in [7, 11) is 2.57. The summed E-state index contributed by atoms with van der Waals surface area (Å²) in [6, 6.07) is 12.1. The normalized spacial score (nSPS) is 28.0. The number of phenols is 3. The van der Waals surface area contributed by atoms with Crippen LogP contribution in [0.1, 0.15) is 17.2 Å². The van der Waals surface area contributed by atoms with Crippen LogP contribution < -0.4 is 14.9 Å². The van der Waals surface area contributed by atoms with Crippen LogP contribution >= 0.6 is 0 Å². The molecule has 18 heteroatoms. The lowest BCUT2D eigenvalue weighted by Crippen LogP contribution is -2.63. The molecule has 0 amide bonds. The summed E-state index contributed by atoms with van der Waals surface area (Å²) in [4.78, 5) is 26.0. The minimum absolute atomic E-state index is 0.0258. The van der Waals surface area contributed by atoms with Gasteiger partial charge in [-0.25, -0.2) is 4.79 Å². The van der Waals surface area contributed by atoms with E-state index in [0.29, 0.717) is 11.1 Å². The van der Waals surface area contributed by atoms with Crippen molar-refractivity contribution < 1.29 is 83.6 Å². The highest BCUT2D eigenvalue weighted by atomic mass is 16.7. The van der Waals surface area contributed by atoms with Crippen molar-refractivity contribution in [1.82, 2.24) is 0 Å². The molecule has 18 nitrogen and oxygen atoms in total. The zero-order chi connectivity index (χ0) is 40.4. The minimum Gasteiger partial charge on any atom is -0.508 e. The molecule has 0 spiro atoms. The molecule has 2 aliphatic heterocycles. The number of carbonyl (C=O) groups is 1. The Morgan fingerprint density at radius 3 is 2.16 bits per heavy atom. The van der Waals surface area contributed by atoms with Crippen molar-refractivity contribution in [2.75, 3.05) is 27.4 Å². The first-order chi connectivity index (χ1) is 26.8. The Balaban J connectivity index is 1.32. The van der Waals surface area contributed by atoms with Gasteiger partial charge in [-0.05, 0) is 48.0 Å². The van der Waals surface area contributed by atoms with Gasteiger partial charge < -0.3 is 78.8 Å². The topological polar surface area (TPSA) is 285 Å². The predicted octanol–water partition coefficient (Wildman–Crippen LogP) is 0.197. The van der Waals surface area contributed by atoms with E-state index < -0.39 is 91.6 Å². The maximum Gasteiger partial charge on any atom is 0.330 e. The van der Waals surface area contributed by atoms with Gasteiger partial charge in [0.15, 0.2) is 28.8 Å². The maximum absolute atomic E-state index is 13.5. The highest BCUT2D eigenvalue weighted by Gasteiger charge is 2.52. The van der Waals surface area contributed by atoms with Gasteiger partial charge in [0.25, 0.3) is 0 Å². The fraction of sp³-hybridized carbons (Fsp3) is 0.368. The van der Waals surface area contributed by atoms with Crippen LogP contribution in [0.5, 0.6) is 28.7 Å².